The van der Waals surface area contributed by atoms with Crippen molar-refractivity contribution in [3.8, 4) is 5.75 Å². The first-order valence-electron chi connectivity index (χ1n) is 9.44. The van der Waals surface area contributed by atoms with Gasteiger partial charge in [-0.1, -0.05) is 6.92 Å². The molecular weight excluding hydrogens is 418 g/mol. The summed E-state index contributed by atoms with van der Waals surface area (Å²) >= 11 is 0. The van der Waals surface area contributed by atoms with Crippen LogP contribution in [0.4, 0.5) is 17.6 Å². The molecule has 0 radical (unpaired) electrons. The summed E-state index contributed by atoms with van der Waals surface area (Å²) in [5, 5.41) is 10.1. The fourth-order valence-electron chi connectivity index (χ4n) is 3.32. The van der Waals surface area contributed by atoms with Crippen molar-refractivity contribution in [2.45, 2.75) is 32.9 Å². The van der Waals surface area contributed by atoms with E-state index < -0.39 is 35.2 Å². The molecule has 164 valence electrons. The zero-order valence-electron chi connectivity index (χ0n) is 16.7. The third kappa shape index (κ3) is 4.40. The van der Waals surface area contributed by atoms with Crippen LogP contribution in [0.5, 0.6) is 5.75 Å². The summed E-state index contributed by atoms with van der Waals surface area (Å²) in [6, 6.07) is 5.68. The number of halogens is 4. The number of ether oxygens (including phenoxy) is 1. The number of hydrogen-bond acceptors (Lipinski definition) is 4. The number of aromatic hydroxyl groups is 1. The molecule has 0 saturated heterocycles. The van der Waals surface area contributed by atoms with E-state index in [-0.39, 0.29) is 29.5 Å². The van der Waals surface area contributed by atoms with Crippen LogP contribution in [0.1, 0.15) is 40.5 Å². The standard InChI is InChI=1S/C22H19F4NO4/c1-3-8-31-20(29)10-15-12(2)27(18-11-17(23)19(28)9-16(15)18)21(30)13-4-6-14(7-5-13)22(24,25)26/h4-7,9,11,28H,3,8,10H2,1-2H3. The Morgan fingerprint density at radius 1 is 1.13 bits per heavy atom. The second-order valence-electron chi connectivity index (χ2n) is 7.00. The molecule has 31 heavy (non-hydrogen) atoms. The third-order valence-electron chi connectivity index (χ3n) is 4.85. The van der Waals surface area contributed by atoms with Crippen LogP contribution in [0.25, 0.3) is 10.9 Å². The summed E-state index contributed by atoms with van der Waals surface area (Å²) < 4.78 is 58.7. The van der Waals surface area contributed by atoms with E-state index in [1.54, 1.807) is 0 Å². The molecule has 0 aliphatic heterocycles. The van der Waals surface area contributed by atoms with Gasteiger partial charge in [-0.25, -0.2) is 4.39 Å². The van der Waals surface area contributed by atoms with Crippen molar-refractivity contribution >= 4 is 22.8 Å². The second kappa shape index (κ2) is 8.41. The average Bonchev–Trinajstić information content (AvgIpc) is 2.96. The number of alkyl halides is 3. The largest absolute Gasteiger partial charge is 0.505 e. The van der Waals surface area contributed by atoms with E-state index in [1.807, 2.05) is 6.92 Å². The van der Waals surface area contributed by atoms with Gasteiger partial charge >= 0.3 is 12.1 Å². The maximum Gasteiger partial charge on any atom is 0.416 e. The molecule has 0 fully saturated rings. The average molecular weight is 437 g/mol. The molecule has 5 nitrogen and oxygen atoms in total. The number of aromatic nitrogens is 1. The molecule has 0 aliphatic rings. The van der Waals surface area contributed by atoms with Gasteiger partial charge in [-0.15, -0.1) is 0 Å². The molecule has 3 aromatic rings. The maximum absolute atomic E-state index is 14.1. The first-order valence-corrected chi connectivity index (χ1v) is 9.44. The Labute approximate surface area is 174 Å². The van der Waals surface area contributed by atoms with E-state index in [0.717, 1.165) is 41.0 Å². The van der Waals surface area contributed by atoms with Gasteiger partial charge < -0.3 is 9.84 Å². The Hall–Kier alpha value is -3.36. The topological polar surface area (TPSA) is 68.5 Å². The number of benzene rings is 2. The van der Waals surface area contributed by atoms with Crippen LogP contribution in [-0.4, -0.2) is 28.2 Å². The van der Waals surface area contributed by atoms with Crippen molar-refractivity contribution < 1.29 is 37.0 Å². The summed E-state index contributed by atoms with van der Waals surface area (Å²) in [7, 11) is 0. The molecule has 2 aromatic carbocycles. The van der Waals surface area contributed by atoms with E-state index >= 15 is 0 Å². The highest BCUT2D eigenvalue weighted by Crippen LogP contribution is 2.33. The highest BCUT2D eigenvalue weighted by Gasteiger charge is 2.30. The summed E-state index contributed by atoms with van der Waals surface area (Å²) in [4.78, 5) is 25.2. The molecule has 0 unspecified atom stereocenters. The van der Waals surface area contributed by atoms with Gasteiger partial charge in [-0.05, 0) is 49.2 Å². The number of rotatable bonds is 5. The normalized spacial score (nSPS) is 11.7. The lowest BCUT2D eigenvalue weighted by Crippen LogP contribution is -2.15. The Morgan fingerprint density at radius 3 is 2.35 bits per heavy atom. The predicted molar refractivity (Wildman–Crippen MR) is 104 cm³/mol. The van der Waals surface area contributed by atoms with Crippen LogP contribution in [0.2, 0.25) is 0 Å². The lowest BCUT2D eigenvalue weighted by molar-refractivity contribution is -0.142. The molecule has 0 amide bonds. The second-order valence-corrected chi connectivity index (χ2v) is 7.00. The quantitative estimate of drug-likeness (QED) is 0.451. The lowest BCUT2D eigenvalue weighted by atomic mass is 10.1. The fourth-order valence-corrected chi connectivity index (χ4v) is 3.32. The van der Waals surface area contributed by atoms with Crippen LogP contribution in [0.3, 0.4) is 0 Å². The summed E-state index contributed by atoms with van der Waals surface area (Å²) in [6.07, 6.45) is -4.16. The number of nitrogens with zero attached hydrogens (tertiary/aromatic N) is 1. The number of esters is 1. The minimum atomic E-state index is -4.55. The number of carbonyl (C=O) groups excluding carboxylic acids is 2. The molecule has 3 rings (SSSR count). The molecule has 0 atom stereocenters. The third-order valence-corrected chi connectivity index (χ3v) is 4.85. The first-order chi connectivity index (χ1) is 14.5. The van der Waals surface area contributed by atoms with E-state index in [0.29, 0.717) is 17.7 Å². The van der Waals surface area contributed by atoms with Crippen LogP contribution >= 0.6 is 0 Å². The molecule has 9 heteroatoms. The van der Waals surface area contributed by atoms with E-state index in [9.17, 15) is 32.3 Å². The van der Waals surface area contributed by atoms with Crippen molar-refractivity contribution in [1.82, 2.24) is 4.57 Å². The molecule has 1 heterocycles. The Balaban J connectivity index is 2.11. The smallest absolute Gasteiger partial charge is 0.416 e. The van der Waals surface area contributed by atoms with Gasteiger partial charge in [0.05, 0.1) is 24.1 Å². The number of phenols is 1. The van der Waals surface area contributed by atoms with Gasteiger partial charge in [0, 0.05) is 22.7 Å². The van der Waals surface area contributed by atoms with Gasteiger partial charge in [0.15, 0.2) is 11.6 Å². The zero-order chi connectivity index (χ0) is 22.9. The molecule has 1 aromatic heterocycles. The minimum Gasteiger partial charge on any atom is -0.505 e. The predicted octanol–water partition coefficient (Wildman–Crippen LogP) is 5.00. The molecular formula is C22H19F4NO4. The van der Waals surface area contributed by atoms with Crippen LogP contribution in [0, 0.1) is 12.7 Å². The molecule has 0 bridgehead atoms. The number of hydrogen-bond donors (Lipinski definition) is 1. The van der Waals surface area contributed by atoms with Crippen LogP contribution < -0.4 is 0 Å². The van der Waals surface area contributed by atoms with Gasteiger partial charge in [0.1, 0.15) is 0 Å². The zero-order valence-corrected chi connectivity index (χ0v) is 16.7. The number of fused-ring (bicyclic) bond motifs is 1. The number of phenolic OH excluding ortho intramolecular Hbond substituents is 1. The van der Waals surface area contributed by atoms with Gasteiger partial charge in [0.25, 0.3) is 5.91 Å². The Kier molecular flexibility index (Phi) is 6.06. The lowest BCUT2D eigenvalue weighted by Gasteiger charge is -2.10. The summed E-state index contributed by atoms with van der Waals surface area (Å²) in [6.45, 7) is 3.56. The molecule has 0 saturated carbocycles. The van der Waals surface area contributed by atoms with Crippen molar-refractivity contribution in [3.63, 3.8) is 0 Å². The fraction of sp³-hybridized carbons (Fsp3) is 0.273. The van der Waals surface area contributed by atoms with Crippen LogP contribution in [-0.2, 0) is 22.1 Å². The molecule has 1 N–H and O–H groups in total. The molecule has 0 aliphatic carbocycles. The Bertz CT molecular complexity index is 1150. The number of carbonyl (C=O) groups is 2. The summed E-state index contributed by atoms with van der Waals surface area (Å²) in [5.74, 6) is -2.90. The maximum atomic E-state index is 14.1. The van der Waals surface area contributed by atoms with Crippen molar-refractivity contribution in [1.29, 1.82) is 0 Å². The Morgan fingerprint density at radius 2 is 1.77 bits per heavy atom. The first kappa shape index (κ1) is 22.3. The van der Waals surface area contributed by atoms with Crippen LogP contribution in [0.15, 0.2) is 36.4 Å². The van der Waals surface area contributed by atoms with E-state index in [1.165, 1.54) is 6.92 Å². The van der Waals surface area contributed by atoms with Crippen molar-refractivity contribution in [2.75, 3.05) is 6.61 Å². The van der Waals surface area contributed by atoms with E-state index in [2.05, 4.69) is 0 Å². The van der Waals surface area contributed by atoms with Crippen molar-refractivity contribution in [2.24, 2.45) is 0 Å². The highest BCUT2D eigenvalue weighted by atomic mass is 19.4. The summed E-state index contributed by atoms with van der Waals surface area (Å²) in [5.41, 5.74) is -0.240. The van der Waals surface area contributed by atoms with Gasteiger partial charge in [-0.3, -0.25) is 14.2 Å². The SMILES string of the molecule is CCCOC(=O)Cc1c(C)n(C(=O)c2ccc(C(F)(F)F)cc2)c2cc(F)c(O)cc12. The van der Waals surface area contributed by atoms with Gasteiger partial charge in [0.2, 0.25) is 0 Å². The highest BCUT2D eigenvalue weighted by molar-refractivity contribution is 6.05. The minimum absolute atomic E-state index is 0.0541. The monoisotopic (exact) mass is 437 g/mol. The van der Waals surface area contributed by atoms with Gasteiger partial charge in [-0.2, -0.15) is 13.2 Å². The van der Waals surface area contributed by atoms with E-state index in [4.69, 9.17) is 4.74 Å². The van der Waals surface area contributed by atoms with Crippen molar-refractivity contribution in [3.05, 3.63) is 64.6 Å². The molecule has 0 spiro atoms.